The monoisotopic (exact) mass is 291 g/mol. The Bertz CT molecular complexity index is 627. The molecule has 1 aromatic heterocycles. The smallest absolute Gasteiger partial charge is 0.224 e. The third-order valence-corrected chi connectivity index (χ3v) is 2.98. The molecule has 0 aliphatic rings. The average molecular weight is 292 g/mol. The molecule has 1 aromatic carbocycles. The SMILES string of the molecule is CCCc1cc(-c2cc(Cl)cc(Cl)c2)nc(C#N)n1. The average Bonchev–Trinajstić information content (AvgIpc) is 2.37. The molecule has 2 rings (SSSR count). The number of halogens is 2. The Labute approximate surface area is 121 Å². The van der Waals surface area contributed by atoms with Gasteiger partial charge >= 0.3 is 0 Å². The van der Waals surface area contributed by atoms with E-state index in [4.69, 9.17) is 28.5 Å². The van der Waals surface area contributed by atoms with Crippen molar-refractivity contribution in [2.75, 3.05) is 0 Å². The zero-order valence-electron chi connectivity index (χ0n) is 10.3. The summed E-state index contributed by atoms with van der Waals surface area (Å²) in [6, 6.07) is 9.04. The molecule has 0 saturated heterocycles. The quantitative estimate of drug-likeness (QED) is 0.848. The lowest BCUT2D eigenvalue weighted by molar-refractivity contribution is 0.868. The number of benzene rings is 1. The number of nitriles is 1. The number of hydrogen-bond donors (Lipinski definition) is 0. The van der Waals surface area contributed by atoms with Crippen LogP contribution in [0.15, 0.2) is 24.3 Å². The van der Waals surface area contributed by atoms with Gasteiger partial charge in [0.25, 0.3) is 0 Å². The Morgan fingerprint density at radius 3 is 2.37 bits per heavy atom. The van der Waals surface area contributed by atoms with Gasteiger partial charge in [-0.1, -0.05) is 36.5 Å². The lowest BCUT2D eigenvalue weighted by Gasteiger charge is -2.06. The largest absolute Gasteiger partial charge is 0.232 e. The van der Waals surface area contributed by atoms with Crippen LogP contribution in [-0.2, 0) is 6.42 Å². The van der Waals surface area contributed by atoms with Crippen LogP contribution in [0, 0.1) is 11.3 Å². The summed E-state index contributed by atoms with van der Waals surface area (Å²) in [4.78, 5) is 8.37. The molecule has 0 bridgehead atoms. The third kappa shape index (κ3) is 3.44. The second-order valence-electron chi connectivity index (χ2n) is 4.09. The fraction of sp³-hybridized carbons (Fsp3) is 0.214. The highest BCUT2D eigenvalue weighted by Crippen LogP contribution is 2.26. The number of hydrogen-bond acceptors (Lipinski definition) is 3. The molecule has 0 spiro atoms. The van der Waals surface area contributed by atoms with Crippen LogP contribution in [0.25, 0.3) is 11.3 Å². The Balaban J connectivity index is 2.54. The van der Waals surface area contributed by atoms with E-state index in [1.807, 2.05) is 12.1 Å². The molecular weight excluding hydrogens is 281 g/mol. The summed E-state index contributed by atoms with van der Waals surface area (Å²) in [5.41, 5.74) is 2.30. The van der Waals surface area contributed by atoms with E-state index in [9.17, 15) is 0 Å². The molecule has 0 saturated carbocycles. The highest BCUT2D eigenvalue weighted by molar-refractivity contribution is 6.35. The molecule has 0 atom stereocenters. The molecule has 0 fully saturated rings. The minimum atomic E-state index is 0.164. The van der Waals surface area contributed by atoms with Crippen molar-refractivity contribution in [2.24, 2.45) is 0 Å². The van der Waals surface area contributed by atoms with E-state index >= 15 is 0 Å². The first-order valence-corrected chi connectivity index (χ1v) is 6.62. The van der Waals surface area contributed by atoms with Gasteiger partial charge in [0.15, 0.2) is 0 Å². The van der Waals surface area contributed by atoms with Crippen molar-refractivity contribution < 1.29 is 0 Å². The van der Waals surface area contributed by atoms with Gasteiger partial charge in [0.2, 0.25) is 5.82 Å². The number of aromatic nitrogens is 2. The number of aryl methyl sites for hydroxylation is 1. The minimum absolute atomic E-state index is 0.164. The van der Waals surface area contributed by atoms with E-state index in [0.29, 0.717) is 15.7 Å². The van der Waals surface area contributed by atoms with Crippen LogP contribution >= 0.6 is 23.2 Å². The first-order chi connectivity index (χ1) is 9.12. The first kappa shape index (κ1) is 13.8. The lowest BCUT2D eigenvalue weighted by atomic mass is 10.1. The molecule has 0 aliphatic heterocycles. The molecule has 96 valence electrons. The molecule has 1 heterocycles. The molecule has 0 N–H and O–H groups in total. The maximum absolute atomic E-state index is 8.98. The Kier molecular flexibility index (Phi) is 4.36. The van der Waals surface area contributed by atoms with E-state index < -0.39 is 0 Å². The fourth-order valence-corrected chi connectivity index (χ4v) is 2.31. The summed E-state index contributed by atoms with van der Waals surface area (Å²) in [5, 5.41) is 10.1. The second kappa shape index (κ2) is 6.01. The van der Waals surface area contributed by atoms with E-state index in [1.165, 1.54) is 0 Å². The summed E-state index contributed by atoms with van der Waals surface area (Å²) in [6.45, 7) is 2.06. The van der Waals surface area contributed by atoms with Gasteiger partial charge < -0.3 is 0 Å². The van der Waals surface area contributed by atoms with Gasteiger partial charge in [0.1, 0.15) is 6.07 Å². The van der Waals surface area contributed by atoms with Crippen LogP contribution in [0.4, 0.5) is 0 Å². The van der Waals surface area contributed by atoms with Gasteiger partial charge in [-0.05, 0) is 30.7 Å². The maximum atomic E-state index is 8.98. The summed E-state index contributed by atoms with van der Waals surface area (Å²) >= 11 is 12.0. The molecule has 0 radical (unpaired) electrons. The fourth-order valence-electron chi connectivity index (χ4n) is 1.78. The van der Waals surface area contributed by atoms with Gasteiger partial charge in [0.05, 0.1) is 5.69 Å². The van der Waals surface area contributed by atoms with Crippen LogP contribution in [-0.4, -0.2) is 9.97 Å². The van der Waals surface area contributed by atoms with Crippen molar-refractivity contribution >= 4 is 23.2 Å². The molecule has 3 nitrogen and oxygen atoms in total. The number of rotatable bonds is 3. The Morgan fingerprint density at radius 1 is 1.11 bits per heavy atom. The van der Waals surface area contributed by atoms with Crippen LogP contribution < -0.4 is 0 Å². The standard InChI is InChI=1S/C14H11Cl2N3/c1-2-3-12-7-13(19-14(8-17)18-12)9-4-10(15)6-11(16)5-9/h4-7H,2-3H2,1H3. The van der Waals surface area contributed by atoms with Gasteiger partial charge in [0, 0.05) is 21.3 Å². The summed E-state index contributed by atoms with van der Waals surface area (Å²) < 4.78 is 0. The molecule has 2 aromatic rings. The summed E-state index contributed by atoms with van der Waals surface area (Å²) in [5.74, 6) is 0.164. The third-order valence-electron chi connectivity index (χ3n) is 2.54. The van der Waals surface area contributed by atoms with Crippen molar-refractivity contribution in [2.45, 2.75) is 19.8 Å². The van der Waals surface area contributed by atoms with Crippen LogP contribution in [0.5, 0.6) is 0 Å². The van der Waals surface area contributed by atoms with Gasteiger partial charge in [-0.2, -0.15) is 5.26 Å². The van der Waals surface area contributed by atoms with Crippen molar-refractivity contribution in [1.82, 2.24) is 9.97 Å². The number of nitrogens with zero attached hydrogens (tertiary/aromatic N) is 3. The molecule has 0 aliphatic carbocycles. The van der Waals surface area contributed by atoms with Gasteiger partial charge in [-0.15, -0.1) is 0 Å². The predicted octanol–water partition coefficient (Wildman–Crippen LogP) is 4.27. The zero-order valence-corrected chi connectivity index (χ0v) is 11.8. The van der Waals surface area contributed by atoms with E-state index in [0.717, 1.165) is 24.1 Å². The van der Waals surface area contributed by atoms with Gasteiger partial charge in [-0.25, -0.2) is 9.97 Å². The van der Waals surface area contributed by atoms with Crippen molar-refractivity contribution in [3.05, 3.63) is 45.8 Å². The van der Waals surface area contributed by atoms with E-state index in [1.54, 1.807) is 18.2 Å². The second-order valence-corrected chi connectivity index (χ2v) is 4.96. The van der Waals surface area contributed by atoms with Crippen molar-refractivity contribution in [3.8, 4) is 17.3 Å². The first-order valence-electron chi connectivity index (χ1n) is 5.87. The molecule has 5 heteroatoms. The lowest BCUT2D eigenvalue weighted by Crippen LogP contribution is -1.98. The summed E-state index contributed by atoms with van der Waals surface area (Å²) in [6.07, 6.45) is 1.76. The summed E-state index contributed by atoms with van der Waals surface area (Å²) in [7, 11) is 0. The van der Waals surface area contributed by atoms with Gasteiger partial charge in [-0.3, -0.25) is 0 Å². The Morgan fingerprint density at radius 2 is 1.79 bits per heavy atom. The predicted molar refractivity (Wildman–Crippen MR) is 76.2 cm³/mol. The van der Waals surface area contributed by atoms with E-state index in [-0.39, 0.29) is 5.82 Å². The topological polar surface area (TPSA) is 49.6 Å². The molecule has 0 amide bonds. The van der Waals surface area contributed by atoms with E-state index in [2.05, 4.69) is 16.9 Å². The highest BCUT2D eigenvalue weighted by atomic mass is 35.5. The zero-order chi connectivity index (χ0) is 13.8. The van der Waals surface area contributed by atoms with Crippen molar-refractivity contribution in [1.29, 1.82) is 5.26 Å². The molecule has 19 heavy (non-hydrogen) atoms. The van der Waals surface area contributed by atoms with Crippen LogP contribution in [0.2, 0.25) is 10.0 Å². The van der Waals surface area contributed by atoms with Crippen molar-refractivity contribution in [3.63, 3.8) is 0 Å². The molecule has 0 unspecified atom stereocenters. The Hall–Kier alpha value is -1.63. The maximum Gasteiger partial charge on any atom is 0.232 e. The molecular formula is C14H11Cl2N3. The van der Waals surface area contributed by atoms with Crippen LogP contribution in [0.1, 0.15) is 24.9 Å². The highest BCUT2D eigenvalue weighted by Gasteiger charge is 2.08. The minimum Gasteiger partial charge on any atom is -0.224 e. The van der Waals surface area contributed by atoms with Crippen LogP contribution in [0.3, 0.4) is 0 Å². The normalized spacial score (nSPS) is 10.2.